The summed E-state index contributed by atoms with van der Waals surface area (Å²) in [6, 6.07) is 6.62. The molecule has 2 N–H and O–H groups in total. The second-order valence-electron chi connectivity index (χ2n) is 5.37. The first-order valence-corrected chi connectivity index (χ1v) is 9.77. The van der Waals surface area contributed by atoms with Gasteiger partial charge < -0.3 is 15.4 Å². The van der Waals surface area contributed by atoms with Gasteiger partial charge in [-0.05, 0) is 45.4 Å². The number of amidine groups is 1. The van der Waals surface area contributed by atoms with Crippen LogP contribution in [0.25, 0.3) is 0 Å². The van der Waals surface area contributed by atoms with Gasteiger partial charge in [0.15, 0.2) is 10.8 Å². The van der Waals surface area contributed by atoms with Crippen molar-refractivity contribution >= 4 is 56.7 Å². The molecule has 2 aliphatic rings. The van der Waals surface area contributed by atoms with Crippen LogP contribution in [0, 0.1) is 0 Å². The monoisotopic (exact) mass is 443 g/mol. The molecule has 132 valence electrons. The molecule has 0 radical (unpaired) electrons. The summed E-state index contributed by atoms with van der Waals surface area (Å²) in [6.45, 7) is 0. The zero-order valence-corrected chi connectivity index (χ0v) is 16.2. The van der Waals surface area contributed by atoms with Gasteiger partial charge in [-0.3, -0.25) is 4.79 Å². The highest BCUT2D eigenvalue weighted by molar-refractivity contribution is 9.11. The number of carbonyl (C=O) groups excluding carboxylic acids is 1. The number of nitrogens with zero attached hydrogens (tertiary/aromatic N) is 4. The largest absolute Gasteiger partial charge is 0.474 e. The van der Waals surface area contributed by atoms with E-state index in [1.807, 2.05) is 6.08 Å². The second kappa shape index (κ2) is 8.20. The summed E-state index contributed by atoms with van der Waals surface area (Å²) >= 11 is 10.7. The van der Waals surface area contributed by atoms with Crippen molar-refractivity contribution in [2.75, 3.05) is 11.6 Å². The third-order valence-electron chi connectivity index (χ3n) is 3.66. The third kappa shape index (κ3) is 4.53. The van der Waals surface area contributed by atoms with Crippen LogP contribution in [0.5, 0.6) is 0 Å². The van der Waals surface area contributed by atoms with E-state index >= 15 is 0 Å². The first kappa shape index (κ1) is 18.2. The minimum absolute atomic E-state index is 0.106. The Labute approximate surface area is 162 Å². The lowest BCUT2D eigenvalue weighted by Gasteiger charge is -2.25. The summed E-state index contributed by atoms with van der Waals surface area (Å²) in [5, 5.41) is 12.2. The van der Waals surface area contributed by atoms with Crippen LogP contribution in [0.3, 0.4) is 0 Å². The summed E-state index contributed by atoms with van der Waals surface area (Å²) < 4.78 is 6.04. The van der Waals surface area contributed by atoms with Crippen LogP contribution in [-0.2, 0) is 9.53 Å². The summed E-state index contributed by atoms with van der Waals surface area (Å²) in [6.07, 6.45) is 1.85. The summed E-state index contributed by atoms with van der Waals surface area (Å²) in [5.41, 5.74) is 6.60. The number of halogens is 2. The van der Waals surface area contributed by atoms with E-state index in [0.29, 0.717) is 33.4 Å². The molecule has 2 aliphatic heterocycles. The minimum Gasteiger partial charge on any atom is -0.474 e. The van der Waals surface area contributed by atoms with E-state index in [2.05, 4.69) is 31.4 Å². The average molecular weight is 445 g/mol. The molecule has 1 aromatic rings. The van der Waals surface area contributed by atoms with Crippen LogP contribution < -0.4 is 5.73 Å². The van der Waals surface area contributed by atoms with Crippen LogP contribution in [0.1, 0.15) is 6.42 Å². The molecule has 3 rings (SSSR count). The number of rotatable bonds is 4. The highest BCUT2D eigenvalue weighted by Gasteiger charge is 2.37. The molecule has 0 spiro atoms. The zero-order chi connectivity index (χ0) is 17.8. The number of thioether (sulfide) groups is 1. The predicted octanol–water partition coefficient (Wildman–Crippen LogP) is 3.62. The SMILES string of the molecule is NC(=NN=Nc1cccc(Cl)c1)C1CSCN1C(=O)C1CC=C(Br)O1. The Kier molecular flexibility index (Phi) is 5.98. The standard InChI is InChI=1S/C15H15BrClN5O2S/c16-13-5-4-12(24-13)15(23)22-8-25-7-11(22)14(18)20-21-19-10-3-1-2-9(17)6-10/h1-3,5-6,11-12H,4,7-8H2,(H2,18,19,20). The van der Waals surface area contributed by atoms with Crippen LogP contribution in [0.4, 0.5) is 5.69 Å². The van der Waals surface area contributed by atoms with Crippen molar-refractivity contribution in [3.8, 4) is 0 Å². The van der Waals surface area contributed by atoms with Crippen LogP contribution in [-0.4, -0.2) is 40.4 Å². The fourth-order valence-electron chi connectivity index (χ4n) is 2.40. The Morgan fingerprint density at radius 2 is 2.32 bits per heavy atom. The van der Waals surface area contributed by atoms with Gasteiger partial charge in [0, 0.05) is 17.2 Å². The number of nitrogens with two attached hydrogens (primary N) is 1. The number of benzene rings is 1. The number of hydrogen-bond acceptors (Lipinski definition) is 5. The zero-order valence-electron chi connectivity index (χ0n) is 13.0. The number of hydrogen-bond donors (Lipinski definition) is 1. The molecule has 1 aromatic carbocycles. The van der Waals surface area contributed by atoms with Gasteiger partial charge in [-0.15, -0.1) is 22.0 Å². The second-order valence-corrected chi connectivity index (χ2v) is 7.59. The van der Waals surface area contributed by atoms with Gasteiger partial charge in [-0.1, -0.05) is 17.7 Å². The van der Waals surface area contributed by atoms with Crippen molar-refractivity contribution in [2.45, 2.75) is 18.6 Å². The molecule has 2 unspecified atom stereocenters. The first-order valence-electron chi connectivity index (χ1n) is 7.45. The van der Waals surface area contributed by atoms with Crippen LogP contribution in [0.2, 0.25) is 5.02 Å². The molecule has 1 amide bonds. The van der Waals surface area contributed by atoms with Crippen molar-refractivity contribution in [1.82, 2.24) is 4.90 Å². The Balaban J connectivity index is 1.65. The van der Waals surface area contributed by atoms with Crippen molar-refractivity contribution in [2.24, 2.45) is 21.2 Å². The molecule has 25 heavy (non-hydrogen) atoms. The predicted molar refractivity (Wildman–Crippen MR) is 102 cm³/mol. The van der Waals surface area contributed by atoms with Crippen molar-refractivity contribution in [1.29, 1.82) is 0 Å². The van der Waals surface area contributed by atoms with Crippen molar-refractivity contribution in [3.63, 3.8) is 0 Å². The summed E-state index contributed by atoms with van der Waals surface area (Å²) in [5.74, 6) is 1.34. The molecule has 0 bridgehead atoms. The van der Waals surface area contributed by atoms with Crippen LogP contribution in [0.15, 0.2) is 50.4 Å². The van der Waals surface area contributed by atoms with Gasteiger partial charge in [-0.25, -0.2) is 0 Å². The van der Waals surface area contributed by atoms with E-state index in [0.717, 1.165) is 0 Å². The molecule has 10 heteroatoms. The molecule has 2 heterocycles. The lowest BCUT2D eigenvalue weighted by molar-refractivity contribution is -0.139. The lowest BCUT2D eigenvalue weighted by Crippen LogP contribution is -2.48. The maximum atomic E-state index is 12.6. The molecule has 7 nitrogen and oxygen atoms in total. The summed E-state index contributed by atoms with van der Waals surface area (Å²) in [7, 11) is 0. The Morgan fingerprint density at radius 1 is 1.48 bits per heavy atom. The Bertz CT molecular complexity index is 757. The average Bonchev–Trinajstić information content (AvgIpc) is 3.23. The molecule has 0 aliphatic carbocycles. The third-order valence-corrected chi connectivity index (χ3v) is 5.42. The molecule has 0 saturated carbocycles. The van der Waals surface area contributed by atoms with Gasteiger partial charge >= 0.3 is 0 Å². The maximum Gasteiger partial charge on any atom is 0.265 e. The number of ether oxygens (including phenoxy) is 1. The van der Waals surface area contributed by atoms with E-state index < -0.39 is 6.10 Å². The molecular weight excluding hydrogens is 430 g/mol. The van der Waals surface area contributed by atoms with E-state index in [4.69, 9.17) is 22.1 Å². The Hall–Kier alpha value is -1.58. The van der Waals surface area contributed by atoms with E-state index in [9.17, 15) is 4.79 Å². The van der Waals surface area contributed by atoms with Gasteiger partial charge in [-0.2, -0.15) is 0 Å². The lowest BCUT2D eigenvalue weighted by atomic mass is 10.2. The fraction of sp³-hybridized carbons (Fsp3) is 0.333. The van der Waals surface area contributed by atoms with Gasteiger partial charge in [0.25, 0.3) is 5.91 Å². The van der Waals surface area contributed by atoms with E-state index in [1.54, 1.807) is 40.9 Å². The molecular formula is C15H15BrClN5O2S. The molecule has 1 fully saturated rings. The van der Waals surface area contributed by atoms with Gasteiger partial charge in [0.05, 0.1) is 11.6 Å². The van der Waals surface area contributed by atoms with E-state index in [1.165, 1.54) is 0 Å². The topological polar surface area (TPSA) is 92.6 Å². The van der Waals surface area contributed by atoms with Crippen molar-refractivity contribution < 1.29 is 9.53 Å². The van der Waals surface area contributed by atoms with Crippen molar-refractivity contribution in [3.05, 3.63) is 40.0 Å². The normalized spacial score (nSPS) is 23.8. The first-order chi connectivity index (χ1) is 12.0. The van der Waals surface area contributed by atoms with Gasteiger partial charge in [0.2, 0.25) is 0 Å². The smallest absolute Gasteiger partial charge is 0.265 e. The molecule has 0 aromatic heterocycles. The molecule has 1 saturated heterocycles. The van der Waals surface area contributed by atoms with Gasteiger partial charge in [0.1, 0.15) is 11.9 Å². The van der Waals surface area contributed by atoms with Crippen LogP contribution >= 0.6 is 39.3 Å². The quantitative estimate of drug-likeness (QED) is 0.332. The number of amides is 1. The fourth-order valence-corrected chi connectivity index (χ4v) is 4.18. The molecule has 2 atom stereocenters. The minimum atomic E-state index is -0.517. The van der Waals surface area contributed by atoms with E-state index in [-0.39, 0.29) is 17.8 Å². The highest BCUT2D eigenvalue weighted by Crippen LogP contribution is 2.28. The Morgan fingerprint density at radius 3 is 3.04 bits per heavy atom. The number of carbonyl (C=O) groups is 1. The summed E-state index contributed by atoms with van der Waals surface area (Å²) in [4.78, 5) is 14.3. The maximum absolute atomic E-state index is 12.6. The highest BCUT2D eigenvalue weighted by atomic mass is 79.9.